The number of amides is 4. The lowest BCUT2D eigenvalue weighted by molar-refractivity contribution is -0.128. The molecule has 1 unspecified atom stereocenters. The van der Waals surface area contributed by atoms with Gasteiger partial charge in [-0.2, -0.15) is 5.10 Å². The van der Waals surface area contributed by atoms with Crippen molar-refractivity contribution in [2.45, 2.75) is 112 Å². The lowest BCUT2D eigenvalue weighted by Gasteiger charge is -2.27. The molecular formula is C52H64ClN7O8. The van der Waals surface area contributed by atoms with Crippen molar-refractivity contribution in [1.82, 2.24) is 29.5 Å². The van der Waals surface area contributed by atoms with Crippen molar-refractivity contribution in [3.63, 3.8) is 0 Å². The van der Waals surface area contributed by atoms with Crippen LogP contribution in [0.25, 0.3) is 22.0 Å². The monoisotopic (exact) mass is 949 g/mol. The van der Waals surface area contributed by atoms with Gasteiger partial charge in [-0.15, -0.1) is 0 Å². The number of hydrogen-bond donors (Lipinski definition) is 2. The molecule has 1 saturated heterocycles. The number of nitrogens with one attached hydrogen (secondary N) is 2. The van der Waals surface area contributed by atoms with Crippen LogP contribution in [0.2, 0.25) is 5.02 Å². The molecule has 2 aliphatic heterocycles. The molecule has 0 aliphatic carbocycles. The van der Waals surface area contributed by atoms with Gasteiger partial charge in [-0.3, -0.25) is 39.0 Å². The van der Waals surface area contributed by atoms with E-state index in [9.17, 15) is 24.0 Å². The number of ether oxygens (including phenoxy) is 3. The third kappa shape index (κ3) is 10.6. The second kappa shape index (κ2) is 21.5. The van der Waals surface area contributed by atoms with Gasteiger partial charge < -0.3 is 24.1 Å². The molecular weight excluding hydrogens is 886 g/mol. The quantitative estimate of drug-likeness (QED) is 0.0334. The highest BCUT2D eigenvalue weighted by atomic mass is 35.5. The number of esters is 1. The predicted molar refractivity (Wildman–Crippen MR) is 263 cm³/mol. The Labute approximate surface area is 403 Å². The number of carbonyl (C=O) groups is 5. The lowest BCUT2D eigenvalue weighted by Crippen LogP contribution is -2.49. The molecule has 362 valence electrons. The highest BCUT2D eigenvalue weighted by Crippen LogP contribution is 2.39. The first kappa shape index (κ1) is 49.9. The van der Waals surface area contributed by atoms with E-state index >= 15 is 0 Å². The van der Waals surface area contributed by atoms with Gasteiger partial charge in [-0.25, -0.2) is 4.79 Å². The van der Waals surface area contributed by atoms with Crippen LogP contribution in [-0.2, 0) is 38.6 Å². The molecule has 1 atom stereocenters. The summed E-state index contributed by atoms with van der Waals surface area (Å²) < 4.78 is 22.3. The number of aryl methyl sites for hydroxylation is 5. The zero-order valence-corrected chi connectivity index (χ0v) is 41.3. The standard InChI is InChI=1S/C52H64ClN7O8/c1-9-14-42(48(62)55-31-61)60-49(63)40-17-11-19-41(44(40)50(60)64)54-20-13-21-59-35(5)43(34(4)56-59)39-16-10-15-37-38(18-12-26-67-36-29-32(2)45(53)33(3)30-36)47(51(65)68-52(6,7)8)58(46(37)39)23-22-57-24-27-66-28-25-57/h10-11,15-17,19,29-31,42,54H,9,12-14,18,20-28H2,1-8H3,(H,55,61,62). The number of aromatic nitrogens is 3. The number of nitrogens with zero attached hydrogens (tertiary/aromatic N) is 5. The van der Waals surface area contributed by atoms with Crippen LogP contribution in [0.4, 0.5) is 5.69 Å². The van der Waals surface area contributed by atoms with Crippen LogP contribution >= 0.6 is 11.6 Å². The summed E-state index contributed by atoms with van der Waals surface area (Å²) in [4.78, 5) is 69.0. The highest BCUT2D eigenvalue weighted by Gasteiger charge is 2.43. The molecule has 4 heterocycles. The minimum absolute atomic E-state index is 0.208. The highest BCUT2D eigenvalue weighted by molar-refractivity contribution is 6.32. The zero-order valence-electron chi connectivity index (χ0n) is 40.6. The smallest absolute Gasteiger partial charge is 0.355 e. The van der Waals surface area contributed by atoms with Gasteiger partial charge in [0.25, 0.3) is 11.8 Å². The maximum atomic E-state index is 14.5. The number of anilines is 1. The Morgan fingerprint density at radius 2 is 1.63 bits per heavy atom. The fraction of sp³-hybridized carbons (Fsp3) is 0.462. The lowest BCUT2D eigenvalue weighted by atomic mass is 9.98. The first-order valence-corrected chi connectivity index (χ1v) is 24.0. The molecule has 1 fully saturated rings. The molecule has 3 aromatic carbocycles. The maximum Gasteiger partial charge on any atom is 0.355 e. The van der Waals surface area contributed by atoms with E-state index in [-0.39, 0.29) is 29.9 Å². The van der Waals surface area contributed by atoms with E-state index in [2.05, 4.69) is 39.2 Å². The summed E-state index contributed by atoms with van der Waals surface area (Å²) in [7, 11) is 0. The Bertz CT molecular complexity index is 2690. The molecule has 68 heavy (non-hydrogen) atoms. The summed E-state index contributed by atoms with van der Waals surface area (Å²) in [5.41, 5.74) is 8.27. The molecule has 0 spiro atoms. The number of rotatable bonds is 20. The van der Waals surface area contributed by atoms with E-state index < -0.39 is 29.4 Å². The Morgan fingerprint density at radius 3 is 2.32 bits per heavy atom. The van der Waals surface area contributed by atoms with Crippen molar-refractivity contribution >= 4 is 58.3 Å². The molecule has 15 nitrogen and oxygen atoms in total. The third-order valence-electron chi connectivity index (χ3n) is 12.6. The van der Waals surface area contributed by atoms with Crippen molar-refractivity contribution in [3.8, 4) is 16.9 Å². The molecule has 5 aromatic rings. The number of fused-ring (bicyclic) bond motifs is 2. The molecule has 16 heteroatoms. The molecule has 0 saturated carbocycles. The summed E-state index contributed by atoms with van der Waals surface area (Å²) in [5, 5.41) is 12.2. The average Bonchev–Trinajstić information content (AvgIpc) is 3.87. The number of imide groups is 2. The van der Waals surface area contributed by atoms with Gasteiger partial charge in [0.2, 0.25) is 12.3 Å². The van der Waals surface area contributed by atoms with Crippen molar-refractivity contribution in [1.29, 1.82) is 0 Å². The molecule has 2 aliphatic rings. The second-order valence-corrected chi connectivity index (χ2v) is 19.0. The number of para-hydroxylation sites is 1. The van der Waals surface area contributed by atoms with Gasteiger partial charge in [-0.05, 0) is 115 Å². The third-order valence-corrected chi connectivity index (χ3v) is 13.2. The Balaban J connectivity index is 1.17. The normalized spacial score (nSPS) is 14.6. The number of morpholine rings is 1. The number of hydrogen-bond acceptors (Lipinski definition) is 11. The van der Waals surface area contributed by atoms with Crippen molar-refractivity contribution in [2.75, 3.05) is 51.3 Å². The van der Waals surface area contributed by atoms with Gasteiger partial charge in [0.1, 0.15) is 23.1 Å². The molecule has 7 rings (SSSR count). The first-order valence-electron chi connectivity index (χ1n) is 23.6. The first-order chi connectivity index (χ1) is 32.5. The SMILES string of the molecule is CCCC(C(=O)NC=O)N1C(=O)c2cccc(NCCCn3nc(C)c(-c4cccc5c(CCCOc6cc(C)c(Cl)c(C)c6)c(C(=O)OC(C)(C)C)n(CCN6CCOCC6)c45)c3C)c2C1=O. The van der Waals surface area contributed by atoms with Crippen LogP contribution in [0.15, 0.2) is 48.5 Å². The van der Waals surface area contributed by atoms with E-state index in [1.165, 1.54) is 0 Å². The van der Waals surface area contributed by atoms with E-state index in [0.29, 0.717) is 76.5 Å². The molecule has 0 bridgehead atoms. The topological polar surface area (TPSA) is 166 Å². The largest absolute Gasteiger partial charge is 0.494 e. The van der Waals surface area contributed by atoms with Crippen LogP contribution < -0.4 is 15.4 Å². The summed E-state index contributed by atoms with van der Waals surface area (Å²) in [6, 6.07) is 14.1. The average molecular weight is 951 g/mol. The van der Waals surface area contributed by atoms with Crippen molar-refractivity contribution in [3.05, 3.63) is 98.5 Å². The summed E-state index contributed by atoms with van der Waals surface area (Å²) in [6.45, 7) is 21.2. The van der Waals surface area contributed by atoms with Crippen molar-refractivity contribution < 1.29 is 38.2 Å². The van der Waals surface area contributed by atoms with Gasteiger partial charge in [0.05, 0.1) is 42.2 Å². The fourth-order valence-corrected chi connectivity index (χ4v) is 9.62. The maximum absolute atomic E-state index is 14.5. The minimum atomic E-state index is -1.10. The summed E-state index contributed by atoms with van der Waals surface area (Å²) >= 11 is 6.45. The Morgan fingerprint density at radius 1 is 0.926 bits per heavy atom. The van der Waals surface area contributed by atoms with Gasteiger partial charge in [0, 0.05) is 72.2 Å². The minimum Gasteiger partial charge on any atom is -0.494 e. The molecule has 2 aromatic heterocycles. The second-order valence-electron chi connectivity index (χ2n) is 18.6. The van der Waals surface area contributed by atoms with Crippen molar-refractivity contribution in [2.24, 2.45) is 0 Å². The zero-order chi connectivity index (χ0) is 48.9. The van der Waals surface area contributed by atoms with Crippen LogP contribution in [0.5, 0.6) is 5.75 Å². The van der Waals surface area contributed by atoms with E-state index in [0.717, 1.165) is 85.4 Å². The van der Waals surface area contributed by atoms with Crippen LogP contribution in [0, 0.1) is 27.7 Å². The van der Waals surface area contributed by atoms with Gasteiger partial charge in [-0.1, -0.05) is 49.2 Å². The summed E-state index contributed by atoms with van der Waals surface area (Å²) in [6.07, 6.45) is 2.86. The van der Waals surface area contributed by atoms with Crippen LogP contribution in [-0.4, -0.2) is 112 Å². The summed E-state index contributed by atoms with van der Waals surface area (Å²) in [5.74, 6) is -1.45. The predicted octanol–water partition coefficient (Wildman–Crippen LogP) is 8.23. The van der Waals surface area contributed by atoms with Crippen LogP contribution in [0.3, 0.4) is 0 Å². The number of halogens is 1. The van der Waals surface area contributed by atoms with E-state index in [4.69, 9.17) is 30.9 Å². The van der Waals surface area contributed by atoms with E-state index in [1.807, 2.05) is 71.3 Å². The molecule has 0 radical (unpaired) electrons. The van der Waals surface area contributed by atoms with Gasteiger partial charge in [0.15, 0.2) is 0 Å². The molecule has 4 amide bonds. The van der Waals surface area contributed by atoms with Crippen LogP contribution in [0.1, 0.15) is 113 Å². The van der Waals surface area contributed by atoms with E-state index in [1.54, 1.807) is 18.2 Å². The fourth-order valence-electron chi connectivity index (χ4n) is 9.51. The molecule has 2 N–H and O–H groups in total. The Hall–Kier alpha value is -6.03. The Kier molecular flexibility index (Phi) is 15.8. The number of benzene rings is 3. The number of carbonyl (C=O) groups excluding carboxylic acids is 5. The van der Waals surface area contributed by atoms with Gasteiger partial charge >= 0.3 is 5.97 Å².